The summed E-state index contributed by atoms with van der Waals surface area (Å²) in [5, 5.41) is 3.09. The minimum Gasteiger partial charge on any atom is -0.341 e. The van der Waals surface area contributed by atoms with E-state index in [4.69, 9.17) is 0 Å². The summed E-state index contributed by atoms with van der Waals surface area (Å²) >= 11 is 0. The van der Waals surface area contributed by atoms with E-state index in [1.165, 1.54) is 17.5 Å². The molecule has 2 saturated heterocycles. The van der Waals surface area contributed by atoms with Crippen LogP contribution in [0.3, 0.4) is 0 Å². The number of hydrogen-bond donors (Lipinski definition) is 1. The number of piperazine rings is 1. The maximum Gasteiger partial charge on any atom is 0.317 e. The number of fused-ring (bicyclic) bond motifs is 1. The van der Waals surface area contributed by atoms with Crippen molar-refractivity contribution in [1.29, 1.82) is 0 Å². The molecular weight excluding hydrogens is 402 g/mol. The number of nitrogens with zero attached hydrogens (tertiary/aromatic N) is 4. The molecule has 1 N–H and O–H groups in total. The van der Waals surface area contributed by atoms with E-state index in [1.54, 1.807) is 0 Å². The zero-order valence-electron chi connectivity index (χ0n) is 19.8. The van der Waals surface area contributed by atoms with Crippen molar-refractivity contribution >= 4 is 11.9 Å². The van der Waals surface area contributed by atoms with Crippen molar-refractivity contribution in [2.75, 3.05) is 65.4 Å². The third-order valence-corrected chi connectivity index (χ3v) is 7.15. The molecule has 3 aliphatic rings. The van der Waals surface area contributed by atoms with Crippen LogP contribution in [0, 0.1) is 11.8 Å². The van der Waals surface area contributed by atoms with Gasteiger partial charge in [-0.2, -0.15) is 0 Å². The van der Waals surface area contributed by atoms with E-state index in [1.807, 2.05) is 9.80 Å². The highest BCUT2D eigenvalue weighted by Gasteiger charge is 2.28. The lowest BCUT2D eigenvalue weighted by Gasteiger charge is -2.38. The van der Waals surface area contributed by atoms with Crippen molar-refractivity contribution in [2.24, 2.45) is 11.8 Å². The smallest absolute Gasteiger partial charge is 0.317 e. The molecule has 2 fully saturated rings. The zero-order valence-corrected chi connectivity index (χ0v) is 19.8. The molecule has 7 nitrogen and oxygen atoms in total. The number of amides is 3. The Morgan fingerprint density at radius 3 is 2.31 bits per heavy atom. The standard InChI is InChI=1S/C25H39N5O2/c1-20-15-21(2)17-30(16-20)24(31)19-28-11-13-29(14-12-28)25(32)26-8-10-27-9-7-22-5-3-4-6-23(22)18-27/h3-6,20-21H,7-19H2,1-2H3,(H,26,32). The number of hydrogen-bond acceptors (Lipinski definition) is 4. The number of benzene rings is 1. The molecule has 2 atom stereocenters. The van der Waals surface area contributed by atoms with Crippen LogP contribution in [0.1, 0.15) is 31.4 Å². The molecular formula is C25H39N5O2. The second-order valence-electron chi connectivity index (χ2n) is 10.0. The van der Waals surface area contributed by atoms with Crippen LogP contribution in [0.25, 0.3) is 0 Å². The van der Waals surface area contributed by atoms with Crippen LogP contribution in [0.5, 0.6) is 0 Å². The normalized spacial score (nSPS) is 24.8. The van der Waals surface area contributed by atoms with Gasteiger partial charge in [0.25, 0.3) is 0 Å². The molecule has 0 radical (unpaired) electrons. The van der Waals surface area contributed by atoms with Gasteiger partial charge in [-0.1, -0.05) is 38.1 Å². The minimum atomic E-state index is 0.0204. The summed E-state index contributed by atoms with van der Waals surface area (Å²) in [7, 11) is 0. The van der Waals surface area contributed by atoms with Crippen LogP contribution in [-0.2, 0) is 17.8 Å². The maximum absolute atomic E-state index is 12.7. The van der Waals surface area contributed by atoms with Gasteiger partial charge in [0.1, 0.15) is 0 Å². The summed E-state index contributed by atoms with van der Waals surface area (Å²) in [6.07, 6.45) is 2.29. The van der Waals surface area contributed by atoms with Crippen molar-refractivity contribution in [3.63, 3.8) is 0 Å². The van der Waals surface area contributed by atoms with Gasteiger partial charge in [-0.05, 0) is 35.8 Å². The molecule has 4 rings (SSSR count). The summed E-state index contributed by atoms with van der Waals surface area (Å²) < 4.78 is 0. The summed E-state index contributed by atoms with van der Waals surface area (Å²) in [6.45, 7) is 13.2. The van der Waals surface area contributed by atoms with E-state index in [9.17, 15) is 9.59 Å². The third kappa shape index (κ3) is 6.01. The molecule has 1 aromatic rings. The first-order valence-corrected chi connectivity index (χ1v) is 12.3. The Hall–Kier alpha value is -2.12. The monoisotopic (exact) mass is 441 g/mol. The quantitative estimate of drug-likeness (QED) is 0.758. The van der Waals surface area contributed by atoms with E-state index in [0.717, 1.165) is 52.2 Å². The number of piperidine rings is 1. The molecule has 7 heteroatoms. The largest absolute Gasteiger partial charge is 0.341 e. The van der Waals surface area contributed by atoms with Crippen LogP contribution >= 0.6 is 0 Å². The van der Waals surface area contributed by atoms with Gasteiger partial charge < -0.3 is 15.1 Å². The van der Waals surface area contributed by atoms with Crippen LogP contribution in [-0.4, -0.2) is 97.0 Å². The van der Waals surface area contributed by atoms with E-state index < -0.39 is 0 Å². The molecule has 3 aliphatic heterocycles. The molecule has 32 heavy (non-hydrogen) atoms. The van der Waals surface area contributed by atoms with Gasteiger partial charge >= 0.3 is 6.03 Å². The molecule has 0 spiro atoms. The Morgan fingerprint density at radius 2 is 1.59 bits per heavy atom. The predicted molar refractivity (Wildman–Crippen MR) is 126 cm³/mol. The molecule has 176 valence electrons. The van der Waals surface area contributed by atoms with Crippen LogP contribution in [0.4, 0.5) is 4.79 Å². The fraction of sp³-hybridized carbons (Fsp3) is 0.680. The Morgan fingerprint density at radius 1 is 0.906 bits per heavy atom. The molecule has 3 heterocycles. The fourth-order valence-electron chi connectivity index (χ4n) is 5.44. The van der Waals surface area contributed by atoms with Gasteiger partial charge in [0, 0.05) is 65.4 Å². The Labute approximate surface area is 192 Å². The third-order valence-electron chi connectivity index (χ3n) is 7.15. The first-order chi connectivity index (χ1) is 15.5. The second-order valence-corrected chi connectivity index (χ2v) is 10.0. The van der Waals surface area contributed by atoms with Crippen molar-refractivity contribution in [3.05, 3.63) is 35.4 Å². The van der Waals surface area contributed by atoms with Gasteiger partial charge in [-0.3, -0.25) is 14.6 Å². The van der Waals surface area contributed by atoms with Gasteiger partial charge in [-0.25, -0.2) is 4.79 Å². The summed E-state index contributed by atoms with van der Waals surface area (Å²) in [5.74, 6) is 1.41. The molecule has 3 amide bonds. The SMILES string of the molecule is CC1CC(C)CN(C(=O)CN2CCN(C(=O)NCCN3CCc4ccccc4C3)CC2)C1. The van der Waals surface area contributed by atoms with Gasteiger partial charge in [0.15, 0.2) is 0 Å². The topological polar surface area (TPSA) is 59.1 Å². The average Bonchev–Trinajstić information content (AvgIpc) is 2.78. The number of rotatable bonds is 5. The van der Waals surface area contributed by atoms with Crippen LogP contribution in [0.15, 0.2) is 24.3 Å². The fourth-order valence-corrected chi connectivity index (χ4v) is 5.44. The van der Waals surface area contributed by atoms with E-state index in [2.05, 4.69) is 53.2 Å². The number of nitrogens with one attached hydrogen (secondary N) is 1. The first kappa shape index (κ1) is 23.1. The van der Waals surface area contributed by atoms with E-state index >= 15 is 0 Å². The molecule has 2 unspecified atom stereocenters. The second kappa shape index (κ2) is 10.7. The summed E-state index contributed by atoms with van der Waals surface area (Å²) in [6, 6.07) is 8.66. The van der Waals surface area contributed by atoms with Crippen molar-refractivity contribution in [1.82, 2.24) is 24.9 Å². The lowest BCUT2D eigenvalue weighted by molar-refractivity contribution is -0.135. The number of carbonyl (C=O) groups excluding carboxylic acids is 2. The van der Waals surface area contributed by atoms with Crippen molar-refractivity contribution in [2.45, 2.75) is 33.2 Å². The molecule has 0 saturated carbocycles. The zero-order chi connectivity index (χ0) is 22.5. The lowest BCUT2D eigenvalue weighted by atomic mass is 9.92. The highest BCUT2D eigenvalue weighted by Crippen LogP contribution is 2.21. The number of carbonyl (C=O) groups is 2. The Balaban J connectivity index is 1.13. The minimum absolute atomic E-state index is 0.0204. The van der Waals surface area contributed by atoms with Gasteiger partial charge in [0.2, 0.25) is 5.91 Å². The Bertz CT molecular complexity index is 782. The maximum atomic E-state index is 12.7. The van der Waals surface area contributed by atoms with Crippen LogP contribution in [0.2, 0.25) is 0 Å². The van der Waals surface area contributed by atoms with E-state index in [0.29, 0.717) is 38.0 Å². The number of likely N-dealkylation sites (tertiary alicyclic amines) is 1. The molecule has 0 bridgehead atoms. The van der Waals surface area contributed by atoms with E-state index in [-0.39, 0.29) is 11.9 Å². The summed E-state index contributed by atoms with van der Waals surface area (Å²) in [4.78, 5) is 33.8. The molecule has 0 aromatic heterocycles. The van der Waals surface area contributed by atoms with Gasteiger partial charge in [0.05, 0.1) is 6.54 Å². The Kier molecular flexibility index (Phi) is 7.68. The molecule has 1 aromatic carbocycles. The lowest BCUT2D eigenvalue weighted by Crippen LogP contribution is -2.55. The van der Waals surface area contributed by atoms with Crippen molar-refractivity contribution in [3.8, 4) is 0 Å². The predicted octanol–water partition coefficient (Wildman–Crippen LogP) is 1.88. The van der Waals surface area contributed by atoms with Gasteiger partial charge in [-0.15, -0.1) is 0 Å². The highest BCUT2D eigenvalue weighted by molar-refractivity contribution is 5.78. The van der Waals surface area contributed by atoms with Crippen molar-refractivity contribution < 1.29 is 9.59 Å². The molecule has 0 aliphatic carbocycles. The van der Waals surface area contributed by atoms with Crippen LogP contribution < -0.4 is 5.32 Å². The number of urea groups is 1. The average molecular weight is 442 g/mol. The summed E-state index contributed by atoms with van der Waals surface area (Å²) in [5.41, 5.74) is 2.86. The first-order valence-electron chi connectivity index (χ1n) is 12.3. The highest BCUT2D eigenvalue weighted by atomic mass is 16.2.